The highest BCUT2D eigenvalue weighted by molar-refractivity contribution is 7.74. The van der Waals surface area contributed by atoms with Gasteiger partial charge in [0.25, 0.3) is 0 Å². The van der Waals surface area contributed by atoms with Gasteiger partial charge in [0.1, 0.15) is 0 Å². The fourth-order valence-corrected chi connectivity index (χ4v) is 3.05. The second kappa shape index (κ2) is 6.99. The Morgan fingerprint density at radius 2 is 1.40 bits per heavy atom. The molecular weight excluding hydrogens is 284 g/mol. The summed E-state index contributed by atoms with van der Waals surface area (Å²) in [6.07, 6.45) is 3.73. The lowest BCUT2D eigenvalue weighted by Gasteiger charge is -2.30. The number of nitrogens with zero attached hydrogens (tertiary/aromatic N) is 2. The topological polar surface area (TPSA) is 6.48 Å². The van der Waals surface area contributed by atoms with Crippen molar-refractivity contribution in [2.45, 2.75) is 47.0 Å². The first-order valence-corrected chi connectivity index (χ1v) is 8.26. The number of anilines is 2. The minimum atomic E-state index is 0.429. The van der Waals surface area contributed by atoms with E-state index in [1.807, 2.05) is 0 Å². The molecule has 0 saturated heterocycles. The molecule has 4 heteroatoms. The third-order valence-electron chi connectivity index (χ3n) is 3.77. The quantitative estimate of drug-likeness (QED) is 0.508. The first kappa shape index (κ1) is 17.6. The van der Waals surface area contributed by atoms with Crippen molar-refractivity contribution in [3.63, 3.8) is 0 Å². The lowest BCUT2D eigenvalue weighted by Crippen LogP contribution is -2.27. The third kappa shape index (κ3) is 4.26. The number of hydrogen-bond donors (Lipinski definition) is 0. The second-order valence-corrected chi connectivity index (χ2v) is 7.63. The van der Waals surface area contributed by atoms with Crippen LogP contribution in [0.25, 0.3) is 0 Å². The monoisotopic (exact) mass is 312 g/mol. The summed E-state index contributed by atoms with van der Waals surface area (Å²) in [4.78, 5) is 4.47. The van der Waals surface area contributed by atoms with Crippen LogP contribution in [-0.2, 0) is 0 Å². The molecule has 1 aromatic carbocycles. The highest BCUT2D eigenvalue weighted by Gasteiger charge is 2.20. The van der Waals surface area contributed by atoms with Crippen molar-refractivity contribution >= 4 is 35.8 Å². The van der Waals surface area contributed by atoms with Crippen LogP contribution in [0, 0.1) is 14.4 Å². The normalized spacial score (nSPS) is 11.9. The molecule has 0 aliphatic heterocycles. The molecule has 0 amide bonds. The molecule has 2 nitrogen and oxygen atoms in total. The molecule has 0 bridgehead atoms. The standard InChI is InChI=1S/C16H28N2S2/c1-7-17(5)12-13(15(20)14(12)19)18(6)11-9-8-10-16(2,3)4/h7-11H2,1-6H3. The van der Waals surface area contributed by atoms with Gasteiger partial charge in [0, 0.05) is 27.2 Å². The maximum atomic E-state index is 5.42. The van der Waals surface area contributed by atoms with E-state index in [4.69, 9.17) is 24.4 Å². The summed E-state index contributed by atoms with van der Waals surface area (Å²) < 4.78 is 1.73. The molecule has 0 aromatic heterocycles. The molecule has 0 radical (unpaired) electrons. The summed E-state index contributed by atoms with van der Waals surface area (Å²) in [6.45, 7) is 11.0. The molecule has 0 saturated carbocycles. The zero-order valence-corrected chi connectivity index (χ0v) is 15.4. The fourth-order valence-electron chi connectivity index (χ4n) is 2.35. The van der Waals surface area contributed by atoms with Gasteiger partial charge in [-0.3, -0.25) is 0 Å². The predicted octanol–water partition coefficient (Wildman–Crippen LogP) is 5.13. The van der Waals surface area contributed by atoms with Gasteiger partial charge < -0.3 is 9.80 Å². The molecule has 0 heterocycles. The first-order chi connectivity index (χ1) is 9.19. The third-order valence-corrected chi connectivity index (χ3v) is 4.69. The van der Waals surface area contributed by atoms with Gasteiger partial charge in [-0.1, -0.05) is 51.6 Å². The molecule has 0 atom stereocenters. The Balaban J connectivity index is 2.61. The fraction of sp³-hybridized carbons (Fsp3) is 0.750. The van der Waals surface area contributed by atoms with E-state index in [2.05, 4.69) is 51.6 Å². The van der Waals surface area contributed by atoms with Crippen molar-refractivity contribution in [1.29, 1.82) is 0 Å². The van der Waals surface area contributed by atoms with E-state index in [1.54, 1.807) is 0 Å². The lowest BCUT2D eigenvalue weighted by atomic mass is 9.90. The Labute approximate surface area is 134 Å². The zero-order chi connectivity index (χ0) is 15.5. The van der Waals surface area contributed by atoms with Gasteiger partial charge in [0.2, 0.25) is 0 Å². The Morgan fingerprint density at radius 1 is 0.900 bits per heavy atom. The van der Waals surface area contributed by atoms with Crippen LogP contribution in [0.3, 0.4) is 0 Å². The van der Waals surface area contributed by atoms with E-state index in [0.717, 1.165) is 27.8 Å². The Morgan fingerprint density at radius 3 is 1.85 bits per heavy atom. The summed E-state index contributed by atoms with van der Waals surface area (Å²) >= 11 is 10.8. The molecule has 0 aliphatic rings. The van der Waals surface area contributed by atoms with E-state index in [1.165, 1.54) is 24.9 Å². The summed E-state index contributed by atoms with van der Waals surface area (Å²) in [7, 11) is 4.21. The maximum Gasteiger partial charge on any atom is 0.0834 e. The molecule has 0 unspecified atom stereocenters. The van der Waals surface area contributed by atoms with Crippen molar-refractivity contribution in [3.8, 4) is 0 Å². The molecule has 0 fully saturated rings. The number of hydrogen-bond acceptors (Lipinski definition) is 4. The van der Waals surface area contributed by atoms with Gasteiger partial charge in [0.15, 0.2) is 0 Å². The summed E-state index contributed by atoms with van der Waals surface area (Å²) in [5.74, 6) is 0. The van der Waals surface area contributed by atoms with Gasteiger partial charge in [0.05, 0.1) is 20.4 Å². The van der Waals surface area contributed by atoms with E-state index in [9.17, 15) is 0 Å². The summed E-state index contributed by atoms with van der Waals surface area (Å²) in [5.41, 5.74) is 2.76. The van der Waals surface area contributed by atoms with E-state index in [-0.39, 0.29) is 0 Å². The number of rotatable bonds is 7. The maximum absolute atomic E-state index is 5.42. The molecular formula is C16H28N2S2. The van der Waals surface area contributed by atoms with Crippen LogP contribution in [0.1, 0.15) is 47.0 Å². The molecule has 0 aliphatic carbocycles. The van der Waals surface area contributed by atoms with Crippen LogP contribution >= 0.6 is 24.4 Å². The zero-order valence-electron chi connectivity index (χ0n) is 13.7. The van der Waals surface area contributed by atoms with Gasteiger partial charge in [-0.2, -0.15) is 0 Å². The van der Waals surface area contributed by atoms with Gasteiger partial charge in [-0.05, 0) is 25.2 Å². The van der Waals surface area contributed by atoms with Crippen LogP contribution in [0.5, 0.6) is 0 Å². The minimum Gasteiger partial charge on any atom is -0.372 e. The largest absolute Gasteiger partial charge is 0.372 e. The SMILES string of the molecule is CCN(C)c1c(N(C)CCCCC(C)(C)C)c(=S)c1=S. The predicted molar refractivity (Wildman–Crippen MR) is 96.0 cm³/mol. The summed E-state index contributed by atoms with van der Waals surface area (Å²) in [5, 5.41) is 0. The van der Waals surface area contributed by atoms with E-state index >= 15 is 0 Å². The average molecular weight is 313 g/mol. The highest BCUT2D eigenvalue weighted by Crippen LogP contribution is 2.37. The van der Waals surface area contributed by atoms with Crippen molar-refractivity contribution < 1.29 is 0 Å². The molecule has 1 rings (SSSR count). The van der Waals surface area contributed by atoms with Crippen LogP contribution in [0.4, 0.5) is 11.4 Å². The molecule has 0 spiro atoms. The van der Waals surface area contributed by atoms with Crippen molar-refractivity contribution in [2.24, 2.45) is 5.41 Å². The minimum absolute atomic E-state index is 0.429. The first-order valence-electron chi connectivity index (χ1n) is 7.44. The van der Waals surface area contributed by atoms with E-state index < -0.39 is 0 Å². The van der Waals surface area contributed by atoms with Crippen LogP contribution < -0.4 is 9.80 Å². The van der Waals surface area contributed by atoms with Gasteiger partial charge in [-0.25, -0.2) is 0 Å². The van der Waals surface area contributed by atoms with Gasteiger partial charge >= 0.3 is 0 Å². The van der Waals surface area contributed by atoms with Crippen LogP contribution in [-0.4, -0.2) is 27.2 Å². The molecule has 114 valence electrons. The summed E-state index contributed by atoms with van der Waals surface area (Å²) in [6, 6.07) is 0. The van der Waals surface area contributed by atoms with Crippen LogP contribution in [0.2, 0.25) is 0 Å². The van der Waals surface area contributed by atoms with Crippen molar-refractivity contribution in [3.05, 3.63) is 9.02 Å². The molecule has 0 N–H and O–H groups in total. The molecule has 1 aromatic rings. The smallest absolute Gasteiger partial charge is 0.0834 e. The van der Waals surface area contributed by atoms with Crippen LogP contribution in [0.15, 0.2) is 0 Å². The van der Waals surface area contributed by atoms with Gasteiger partial charge in [-0.15, -0.1) is 0 Å². The van der Waals surface area contributed by atoms with Crippen molar-refractivity contribution in [2.75, 3.05) is 37.0 Å². The Bertz CT molecular complexity index is 507. The Hall–Kier alpha value is -0.480. The molecule has 20 heavy (non-hydrogen) atoms. The Kier molecular flexibility index (Phi) is 6.14. The second-order valence-electron chi connectivity index (χ2n) is 6.81. The number of unbranched alkanes of at least 4 members (excludes halogenated alkanes) is 1. The highest BCUT2D eigenvalue weighted by atomic mass is 32.1. The van der Waals surface area contributed by atoms with Crippen molar-refractivity contribution in [1.82, 2.24) is 0 Å². The average Bonchev–Trinajstić information content (AvgIpc) is 2.37. The van der Waals surface area contributed by atoms with E-state index in [0.29, 0.717) is 5.41 Å². The lowest BCUT2D eigenvalue weighted by molar-refractivity contribution is 0.361.